The first-order valence-corrected chi connectivity index (χ1v) is 14.4. The van der Waals surface area contributed by atoms with Gasteiger partial charge < -0.3 is 14.7 Å². The Balaban J connectivity index is 1.67. The Kier molecular flexibility index (Phi) is 9.88. The standard InChI is InChI=1S/C28H26F5N3O7S/c1-35(44(41,42)27-25(32)23(30)22(29)24(31)26(27)33)14-21(38)36(18-6-7-19(20(37)12-18)28(39)34-40)13-15-2-4-16(5-3-15)17-8-10-43-11-9-17/h2-7,12,17,37,40H,8-11,13-14H2,1H3,(H,34,39). The Morgan fingerprint density at radius 3 is 2.05 bits per heavy atom. The van der Waals surface area contributed by atoms with Crippen molar-refractivity contribution in [2.45, 2.75) is 30.2 Å². The molecular weight excluding hydrogens is 617 g/mol. The number of hydrogen-bond donors (Lipinski definition) is 3. The maximum atomic E-state index is 14.3. The third kappa shape index (κ3) is 6.52. The van der Waals surface area contributed by atoms with E-state index in [2.05, 4.69) is 0 Å². The molecule has 1 heterocycles. The third-order valence-corrected chi connectivity index (χ3v) is 8.97. The molecule has 1 aliphatic rings. The highest BCUT2D eigenvalue weighted by atomic mass is 32.2. The van der Waals surface area contributed by atoms with Gasteiger partial charge in [-0.15, -0.1) is 0 Å². The van der Waals surface area contributed by atoms with Crippen molar-refractivity contribution in [1.29, 1.82) is 0 Å². The molecule has 3 aromatic rings. The lowest BCUT2D eigenvalue weighted by atomic mass is 9.91. The second-order valence-electron chi connectivity index (χ2n) is 9.91. The van der Waals surface area contributed by atoms with Crippen LogP contribution in [-0.4, -0.2) is 61.7 Å². The van der Waals surface area contributed by atoms with Gasteiger partial charge >= 0.3 is 0 Å². The van der Waals surface area contributed by atoms with Crippen LogP contribution in [0, 0.1) is 29.1 Å². The quantitative estimate of drug-likeness (QED) is 0.106. The smallest absolute Gasteiger partial charge is 0.278 e. The number of halogens is 5. The van der Waals surface area contributed by atoms with Gasteiger partial charge in [0.1, 0.15) is 5.75 Å². The number of phenolic OH excluding ortho intramolecular Hbond substituents is 1. The van der Waals surface area contributed by atoms with Gasteiger partial charge in [0.25, 0.3) is 5.91 Å². The minimum atomic E-state index is -5.44. The summed E-state index contributed by atoms with van der Waals surface area (Å²) in [6.45, 7) is -0.135. The molecule has 0 atom stereocenters. The maximum Gasteiger partial charge on any atom is 0.278 e. The number of rotatable bonds is 9. The monoisotopic (exact) mass is 643 g/mol. The first kappa shape index (κ1) is 32.8. The van der Waals surface area contributed by atoms with Gasteiger partial charge in [-0.05, 0) is 42.0 Å². The normalized spacial score (nSPS) is 14.1. The van der Waals surface area contributed by atoms with Gasteiger partial charge in [-0.25, -0.2) is 35.8 Å². The summed E-state index contributed by atoms with van der Waals surface area (Å²) in [5, 5.41) is 19.2. The van der Waals surface area contributed by atoms with Gasteiger partial charge in [0.05, 0.1) is 18.7 Å². The number of phenols is 1. The Bertz CT molecular complexity index is 1650. The molecule has 2 amide bonds. The number of aromatic hydroxyl groups is 1. The first-order chi connectivity index (χ1) is 20.8. The van der Waals surface area contributed by atoms with Crippen molar-refractivity contribution >= 4 is 27.5 Å². The zero-order valence-corrected chi connectivity index (χ0v) is 23.8. The maximum absolute atomic E-state index is 14.3. The molecule has 0 radical (unpaired) electrons. The molecule has 1 saturated heterocycles. The van der Waals surface area contributed by atoms with Crippen molar-refractivity contribution < 1.29 is 55.0 Å². The molecule has 44 heavy (non-hydrogen) atoms. The molecule has 4 rings (SSSR count). The summed E-state index contributed by atoms with van der Waals surface area (Å²) in [6, 6.07) is 10.4. The van der Waals surface area contributed by atoms with Crippen LogP contribution in [-0.2, 0) is 26.1 Å². The van der Waals surface area contributed by atoms with Crippen LogP contribution >= 0.6 is 0 Å². The van der Waals surface area contributed by atoms with Gasteiger partial charge in [0.2, 0.25) is 21.7 Å². The Labute approximate surface area is 248 Å². The van der Waals surface area contributed by atoms with Gasteiger partial charge in [0.15, 0.2) is 28.2 Å². The minimum Gasteiger partial charge on any atom is -0.507 e. The van der Waals surface area contributed by atoms with Crippen LogP contribution in [0.3, 0.4) is 0 Å². The lowest BCUT2D eigenvalue weighted by Crippen LogP contribution is -2.41. The van der Waals surface area contributed by atoms with Crippen molar-refractivity contribution in [2.24, 2.45) is 0 Å². The molecule has 3 aromatic carbocycles. The van der Waals surface area contributed by atoms with Crippen molar-refractivity contribution in [1.82, 2.24) is 9.79 Å². The largest absolute Gasteiger partial charge is 0.507 e. The molecule has 3 N–H and O–H groups in total. The fourth-order valence-electron chi connectivity index (χ4n) is 4.70. The van der Waals surface area contributed by atoms with Crippen LogP contribution in [0.15, 0.2) is 47.4 Å². The minimum absolute atomic E-state index is 0.0578. The van der Waals surface area contributed by atoms with E-state index in [4.69, 9.17) is 9.94 Å². The van der Waals surface area contributed by atoms with Crippen LogP contribution in [0.5, 0.6) is 5.75 Å². The summed E-state index contributed by atoms with van der Waals surface area (Å²) in [5.74, 6) is -15.2. The second kappa shape index (κ2) is 13.3. The molecule has 0 unspecified atom stereocenters. The number of hydrogen-bond acceptors (Lipinski definition) is 7. The molecule has 1 aliphatic heterocycles. The highest BCUT2D eigenvalue weighted by molar-refractivity contribution is 7.89. The summed E-state index contributed by atoms with van der Waals surface area (Å²) < 4.78 is 101. The van der Waals surface area contributed by atoms with Crippen LogP contribution in [0.4, 0.5) is 27.6 Å². The number of carbonyl (C=O) groups excluding carboxylic acids is 2. The predicted molar refractivity (Wildman–Crippen MR) is 144 cm³/mol. The molecule has 16 heteroatoms. The number of amides is 2. The molecule has 0 spiro atoms. The van der Waals surface area contributed by atoms with Gasteiger partial charge in [-0.1, -0.05) is 24.3 Å². The van der Waals surface area contributed by atoms with Gasteiger partial charge in [0, 0.05) is 32.0 Å². The number of carbonyl (C=O) groups is 2. The molecule has 0 aromatic heterocycles. The highest BCUT2D eigenvalue weighted by Gasteiger charge is 2.37. The van der Waals surface area contributed by atoms with Gasteiger partial charge in [-0.2, -0.15) is 4.31 Å². The number of nitrogens with one attached hydrogen (secondary N) is 1. The summed E-state index contributed by atoms with van der Waals surface area (Å²) in [5.41, 5.74) is 2.49. The van der Waals surface area contributed by atoms with E-state index < -0.39 is 68.1 Å². The predicted octanol–water partition coefficient (Wildman–Crippen LogP) is 3.95. The molecular formula is C28H26F5N3O7S. The van der Waals surface area contributed by atoms with Crippen LogP contribution in [0.2, 0.25) is 0 Å². The Morgan fingerprint density at radius 2 is 1.50 bits per heavy atom. The van der Waals surface area contributed by atoms with Crippen molar-refractivity contribution in [3.8, 4) is 5.75 Å². The Morgan fingerprint density at radius 1 is 0.932 bits per heavy atom. The van der Waals surface area contributed by atoms with E-state index in [0.29, 0.717) is 25.8 Å². The number of hydroxylamine groups is 1. The van der Waals surface area contributed by atoms with E-state index in [9.17, 15) is 45.1 Å². The van der Waals surface area contributed by atoms with Gasteiger partial charge in [-0.3, -0.25) is 14.8 Å². The molecule has 0 aliphatic carbocycles. The van der Waals surface area contributed by atoms with Crippen molar-refractivity contribution in [3.05, 3.63) is 88.2 Å². The van der Waals surface area contributed by atoms with E-state index in [0.717, 1.165) is 35.4 Å². The zero-order valence-electron chi connectivity index (χ0n) is 23.0. The van der Waals surface area contributed by atoms with E-state index in [1.165, 1.54) is 11.5 Å². The van der Waals surface area contributed by atoms with E-state index in [1.54, 1.807) is 12.1 Å². The number of likely N-dealkylation sites (N-methyl/N-ethyl adjacent to an activating group) is 1. The van der Waals surface area contributed by atoms with Crippen molar-refractivity contribution in [2.75, 3.05) is 31.7 Å². The average Bonchev–Trinajstić information content (AvgIpc) is 3.01. The highest BCUT2D eigenvalue weighted by Crippen LogP contribution is 2.31. The average molecular weight is 644 g/mol. The van der Waals surface area contributed by atoms with E-state index in [1.807, 2.05) is 12.1 Å². The summed E-state index contributed by atoms with van der Waals surface area (Å²) in [7, 11) is -4.74. The second-order valence-corrected chi connectivity index (χ2v) is 11.9. The summed E-state index contributed by atoms with van der Waals surface area (Å²) in [4.78, 5) is 24.2. The lowest BCUT2D eigenvalue weighted by Gasteiger charge is -2.27. The molecule has 0 saturated carbocycles. The SMILES string of the molecule is CN(CC(=O)N(Cc1ccc(C2CCOCC2)cc1)c1ccc(C(=O)NO)c(O)c1)S(=O)(=O)c1c(F)c(F)c(F)c(F)c1F. The summed E-state index contributed by atoms with van der Waals surface area (Å²) >= 11 is 0. The number of sulfonamides is 1. The molecule has 236 valence electrons. The van der Waals surface area contributed by atoms with E-state index >= 15 is 0 Å². The van der Waals surface area contributed by atoms with Crippen molar-refractivity contribution in [3.63, 3.8) is 0 Å². The fraction of sp³-hybridized carbons (Fsp3) is 0.286. The zero-order chi connectivity index (χ0) is 32.3. The molecule has 0 bridgehead atoms. The molecule has 10 nitrogen and oxygen atoms in total. The first-order valence-electron chi connectivity index (χ1n) is 13.0. The fourth-order valence-corrected chi connectivity index (χ4v) is 5.92. The number of nitrogens with zero attached hydrogens (tertiary/aromatic N) is 2. The summed E-state index contributed by atoms with van der Waals surface area (Å²) in [6.07, 6.45) is 1.64. The number of ether oxygens (including phenoxy) is 1. The molecule has 1 fully saturated rings. The number of benzene rings is 3. The third-order valence-electron chi connectivity index (χ3n) is 7.15. The Hall–Kier alpha value is -4.12. The van der Waals surface area contributed by atoms with E-state index in [-0.39, 0.29) is 28.0 Å². The lowest BCUT2D eigenvalue weighted by molar-refractivity contribution is -0.118. The topological polar surface area (TPSA) is 136 Å². The van der Waals surface area contributed by atoms with Crippen LogP contribution in [0.1, 0.15) is 40.2 Å². The van der Waals surface area contributed by atoms with Crippen LogP contribution < -0.4 is 10.4 Å². The number of anilines is 1. The van der Waals surface area contributed by atoms with Crippen LogP contribution in [0.25, 0.3) is 0 Å².